The van der Waals surface area contributed by atoms with E-state index in [9.17, 15) is 4.79 Å². The average Bonchev–Trinajstić information content (AvgIpc) is 3.65. The molecule has 0 radical (unpaired) electrons. The molecule has 12 nitrogen and oxygen atoms in total. The number of nitrogens with zero attached hydrogens (tertiary/aromatic N) is 1. The van der Waals surface area contributed by atoms with E-state index in [0.717, 1.165) is 33.7 Å². The first-order valence-corrected chi connectivity index (χ1v) is 16.6. The van der Waals surface area contributed by atoms with Crippen LogP contribution in [0.15, 0.2) is 71.9 Å². The van der Waals surface area contributed by atoms with E-state index < -0.39 is 6.17 Å². The Morgan fingerprint density at radius 2 is 1.47 bits per heavy atom. The fourth-order valence-electron chi connectivity index (χ4n) is 6.09. The molecule has 3 unspecified atom stereocenters. The van der Waals surface area contributed by atoms with Crippen LogP contribution < -0.4 is 43.8 Å². The first kappa shape index (κ1) is 35.1. The van der Waals surface area contributed by atoms with Gasteiger partial charge >= 0.3 is 0 Å². The van der Waals surface area contributed by atoms with Crippen LogP contribution in [-0.2, 0) is 4.84 Å². The molecule has 6 rings (SSSR count). The lowest BCUT2D eigenvalue weighted by Gasteiger charge is -2.28. The monoisotopic (exact) mass is 697 g/mol. The molecule has 0 saturated carbocycles. The highest BCUT2D eigenvalue weighted by Gasteiger charge is 2.28. The number of benzene rings is 4. The molecule has 0 fully saturated rings. The summed E-state index contributed by atoms with van der Waals surface area (Å²) in [4.78, 5) is 18.6. The number of oxime groups is 1. The Bertz CT molecular complexity index is 1900. The number of rotatable bonds is 14. The standard InChI is InChI=1S/C39H43N3O9/c1-22-8-11-28-27(16-22)39(43)41-38(40-28)25-10-13-31(33(18-25)45-4)49-15-14-23(2)50-34-17-24(9-12-30(34)44-3)29-21-32(51-42-29)26-19-35(46-5)37(48-7)36(20-26)47-6/h8-13,16-20,23,32,38,40H,14-15,21H2,1-7H3,(H,41,43). The predicted octanol–water partition coefficient (Wildman–Crippen LogP) is 6.99. The van der Waals surface area contributed by atoms with Gasteiger partial charge in [-0.3, -0.25) is 4.79 Å². The molecule has 4 aromatic rings. The molecule has 1 amide bonds. The zero-order valence-electron chi connectivity index (χ0n) is 29.8. The van der Waals surface area contributed by atoms with E-state index in [4.69, 9.17) is 38.0 Å². The molecule has 2 aliphatic rings. The third kappa shape index (κ3) is 7.54. The largest absolute Gasteiger partial charge is 0.493 e. The van der Waals surface area contributed by atoms with Gasteiger partial charge in [-0.1, -0.05) is 22.9 Å². The lowest BCUT2D eigenvalue weighted by Crippen LogP contribution is -2.38. The number of fused-ring (bicyclic) bond motifs is 1. The van der Waals surface area contributed by atoms with Crippen LogP contribution in [0.25, 0.3) is 0 Å². The summed E-state index contributed by atoms with van der Waals surface area (Å²) in [5.41, 5.74) is 5.76. The number of amides is 1. The van der Waals surface area contributed by atoms with E-state index in [2.05, 4.69) is 15.8 Å². The number of hydrogen-bond acceptors (Lipinski definition) is 11. The zero-order chi connectivity index (χ0) is 36.1. The van der Waals surface area contributed by atoms with Crippen LogP contribution in [0.4, 0.5) is 5.69 Å². The van der Waals surface area contributed by atoms with Crippen LogP contribution in [0.5, 0.6) is 40.2 Å². The SMILES string of the molecule is COc1cc(C2NC(=O)c3cc(C)ccc3N2)ccc1OCCC(C)Oc1cc(C2=NOC(c3cc(OC)c(OC)c(OC)c3)C2)ccc1OC. The fourth-order valence-corrected chi connectivity index (χ4v) is 6.09. The summed E-state index contributed by atoms with van der Waals surface area (Å²) < 4.78 is 40.2. The first-order chi connectivity index (χ1) is 24.7. The van der Waals surface area contributed by atoms with Crippen molar-refractivity contribution in [1.29, 1.82) is 0 Å². The summed E-state index contributed by atoms with van der Waals surface area (Å²) in [6.07, 6.45) is 0.170. The van der Waals surface area contributed by atoms with Crippen molar-refractivity contribution in [3.8, 4) is 40.2 Å². The second-order valence-corrected chi connectivity index (χ2v) is 12.2. The molecule has 12 heteroatoms. The fraction of sp³-hybridized carbons (Fsp3) is 0.333. The Balaban J connectivity index is 1.07. The van der Waals surface area contributed by atoms with Crippen molar-refractivity contribution in [2.45, 2.75) is 45.1 Å². The van der Waals surface area contributed by atoms with Gasteiger partial charge in [-0.15, -0.1) is 0 Å². The maximum Gasteiger partial charge on any atom is 0.255 e. The molecular weight excluding hydrogens is 654 g/mol. The van der Waals surface area contributed by atoms with Gasteiger partial charge in [0.2, 0.25) is 5.75 Å². The lowest BCUT2D eigenvalue weighted by molar-refractivity contribution is 0.0853. The Hall–Kier alpha value is -5.78. The molecule has 51 heavy (non-hydrogen) atoms. The van der Waals surface area contributed by atoms with Gasteiger partial charge in [0, 0.05) is 29.7 Å². The quantitative estimate of drug-likeness (QED) is 0.142. The van der Waals surface area contributed by atoms with Gasteiger partial charge in [-0.05, 0) is 74.0 Å². The Labute approximate surface area is 297 Å². The van der Waals surface area contributed by atoms with Crippen molar-refractivity contribution in [1.82, 2.24) is 5.32 Å². The van der Waals surface area contributed by atoms with Crippen molar-refractivity contribution in [2.75, 3.05) is 47.5 Å². The highest BCUT2D eigenvalue weighted by atomic mass is 16.6. The zero-order valence-corrected chi connectivity index (χ0v) is 29.8. The molecular formula is C39H43N3O9. The number of carbonyl (C=O) groups is 1. The lowest BCUT2D eigenvalue weighted by atomic mass is 9.99. The van der Waals surface area contributed by atoms with Gasteiger partial charge < -0.3 is 48.6 Å². The topological polar surface area (TPSA) is 127 Å². The molecule has 0 spiro atoms. The van der Waals surface area contributed by atoms with Crippen molar-refractivity contribution in [3.05, 3.63) is 94.5 Å². The molecule has 2 N–H and O–H groups in total. The normalized spacial score (nSPS) is 16.8. The number of hydrogen-bond donors (Lipinski definition) is 2. The number of methoxy groups -OCH3 is 5. The second kappa shape index (κ2) is 15.4. The van der Waals surface area contributed by atoms with E-state index >= 15 is 0 Å². The minimum absolute atomic E-state index is 0.127. The molecule has 3 atom stereocenters. The third-order valence-electron chi connectivity index (χ3n) is 8.85. The van der Waals surface area contributed by atoms with Gasteiger partial charge in [0.05, 0.1) is 59.5 Å². The van der Waals surface area contributed by atoms with Crippen LogP contribution in [0.3, 0.4) is 0 Å². The molecule has 0 aliphatic carbocycles. The summed E-state index contributed by atoms with van der Waals surface area (Å²) in [7, 11) is 7.93. The average molecular weight is 698 g/mol. The molecule has 0 saturated heterocycles. The molecule has 2 aliphatic heterocycles. The number of aryl methyl sites for hydroxylation is 1. The van der Waals surface area contributed by atoms with Crippen molar-refractivity contribution in [2.24, 2.45) is 5.16 Å². The Kier molecular flexibility index (Phi) is 10.6. The highest BCUT2D eigenvalue weighted by Crippen LogP contribution is 2.43. The molecule has 268 valence electrons. The molecule has 0 aromatic heterocycles. The summed E-state index contributed by atoms with van der Waals surface area (Å²) in [5.74, 6) is 3.82. The van der Waals surface area contributed by atoms with Gasteiger partial charge in [0.15, 0.2) is 40.6 Å². The van der Waals surface area contributed by atoms with E-state index in [1.165, 1.54) is 0 Å². The van der Waals surface area contributed by atoms with Crippen LogP contribution in [-0.4, -0.2) is 59.9 Å². The molecule has 0 bridgehead atoms. The smallest absolute Gasteiger partial charge is 0.255 e. The van der Waals surface area contributed by atoms with Crippen LogP contribution >= 0.6 is 0 Å². The third-order valence-corrected chi connectivity index (χ3v) is 8.85. The minimum Gasteiger partial charge on any atom is -0.493 e. The van der Waals surface area contributed by atoms with Crippen molar-refractivity contribution < 1.29 is 42.8 Å². The second-order valence-electron chi connectivity index (χ2n) is 12.2. The minimum atomic E-state index is -0.406. The number of anilines is 1. The van der Waals surface area contributed by atoms with E-state index in [0.29, 0.717) is 65.3 Å². The van der Waals surface area contributed by atoms with E-state index in [1.807, 2.05) is 80.6 Å². The van der Waals surface area contributed by atoms with Gasteiger partial charge in [0.25, 0.3) is 5.91 Å². The maximum absolute atomic E-state index is 12.8. The van der Waals surface area contributed by atoms with Crippen LogP contribution in [0.1, 0.15) is 64.6 Å². The summed E-state index contributed by atoms with van der Waals surface area (Å²) in [6, 6.07) is 20.8. The Morgan fingerprint density at radius 3 is 2.18 bits per heavy atom. The Morgan fingerprint density at radius 1 is 0.765 bits per heavy atom. The van der Waals surface area contributed by atoms with Gasteiger partial charge in [0.1, 0.15) is 6.17 Å². The van der Waals surface area contributed by atoms with E-state index in [1.54, 1.807) is 35.5 Å². The predicted molar refractivity (Wildman–Crippen MR) is 192 cm³/mol. The summed E-state index contributed by atoms with van der Waals surface area (Å²) in [5, 5.41) is 10.8. The summed E-state index contributed by atoms with van der Waals surface area (Å²) >= 11 is 0. The first-order valence-electron chi connectivity index (χ1n) is 16.6. The number of nitrogens with one attached hydrogen (secondary N) is 2. The molecule has 4 aromatic carbocycles. The van der Waals surface area contributed by atoms with Crippen LogP contribution in [0.2, 0.25) is 0 Å². The highest BCUT2D eigenvalue weighted by molar-refractivity contribution is 6.02. The number of ether oxygens (including phenoxy) is 7. The van der Waals surface area contributed by atoms with Crippen LogP contribution in [0, 0.1) is 6.92 Å². The number of carbonyl (C=O) groups excluding carboxylic acids is 1. The van der Waals surface area contributed by atoms with Gasteiger partial charge in [-0.25, -0.2) is 0 Å². The van der Waals surface area contributed by atoms with Crippen molar-refractivity contribution >= 4 is 17.3 Å². The van der Waals surface area contributed by atoms with Crippen molar-refractivity contribution in [3.63, 3.8) is 0 Å². The summed E-state index contributed by atoms with van der Waals surface area (Å²) in [6.45, 7) is 4.31. The maximum atomic E-state index is 12.8. The van der Waals surface area contributed by atoms with E-state index in [-0.39, 0.29) is 18.1 Å². The van der Waals surface area contributed by atoms with Gasteiger partial charge in [-0.2, -0.15) is 0 Å². The molecule has 2 heterocycles.